The van der Waals surface area contributed by atoms with Crippen LogP contribution in [0.1, 0.15) is 0 Å². The number of carbonyl (C=O) groups is 1. The van der Waals surface area contributed by atoms with Crippen molar-refractivity contribution in [3.63, 3.8) is 0 Å². The highest BCUT2D eigenvalue weighted by Gasteiger charge is 2.39. The highest BCUT2D eigenvalue weighted by Crippen LogP contribution is 2.36. The second kappa shape index (κ2) is 5.67. The maximum Gasteiger partial charge on any atom is 0.265 e. The van der Waals surface area contributed by atoms with Crippen molar-refractivity contribution in [2.24, 2.45) is 0 Å². The standard InChI is InChI=1S/C17H16FN3O3/c1-23-16-5-3-12(7-19-16)20-8-13(9-20)21-14-4-2-11(18)6-15(14)24-10-17(21)22/h2-7,13H,8-10H2,1H3. The van der Waals surface area contributed by atoms with Crippen LogP contribution in [0.2, 0.25) is 0 Å². The summed E-state index contributed by atoms with van der Waals surface area (Å²) in [5, 5.41) is 0. The monoisotopic (exact) mass is 329 g/mol. The molecule has 124 valence electrons. The van der Waals surface area contributed by atoms with Gasteiger partial charge < -0.3 is 14.4 Å². The molecule has 1 aromatic heterocycles. The van der Waals surface area contributed by atoms with Gasteiger partial charge in [0.2, 0.25) is 5.88 Å². The van der Waals surface area contributed by atoms with Gasteiger partial charge in [-0.1, -0.05) is 0 Å². The minimum absolute atomic E-state index is 0.0349. The van der Waals surface area contributed by atoms with Gasteiger partial charge in [-0.15, -0.1) is 0 Å². The first-order valence-corrected chi connectivity index (χ1v) is 7.65. The number of rotatable bonds is 3. The largest absolute Gasteiger partial charge is 0.481 e. The van der Waals surface area contributed by atoms with E-state index in [1.807, 2.05) is 6.07 Å². The number of fused-ring (bicyclic) bond motifs is 1. The Kier molecular flexibility index (Phi) is 3.48. The molecule has 1 amide bonds. The normalized spacial score (nSPS) is 17.2. The number of amides is 1. The molecule has 0 saturated carbocycles. The van der Waals surface area contributed by atoms with E-state index in [-0.39, 0.29) is 24.4 Å². The van der Waals surface area contributed by atoms with E-state index < -0.39 is 0 Å². The number of hydrogen-bond acceptors (Lipinski definition) is 5. The molecule has 1 aromatic carbocycles. The van der Waals surface area contributed by atoms with E-state index in [4.69, 9.17) is 9.47 Å². The van der Waals surface area contributed by atoms with Crippen LogP contribution in [-0.4, -0.2) is 43.7 Å². The summed E-state index contributed by atoms with van der Waals surface area (Å²) < 4.78 is 23.7. The molecular weight excluding hydrogens is 313 g/mol. The molecule has 1 fully saturated rings. The van der Waals surface area contributed by atoms with Gasteiger partial charge in [0, 0.05) is 25.2 Å². The average Bonchev–Trinajstić information content (AvgIpc) is 2.56. The topological polar surface area (TPSA) is 54.9 Å². The van der Waals surface area contributed by atoms with Gasteiger partial charge in [0.25, 0.3) is 5.91 Å². The molecule has 1 saturated heterocycles. The zero-order valence-corrected chi connectivity index (χ0v) is 13.1. The van der Waals surface area contributed by atoms with E-state index in [1.54, 1.807) is 30.3 Å². The van der Waals surface area contributed by atoms with Crippen LogP contribution in [0.4, 0.5) is 15.8 Å². The molecule has 0 radical (unpaired) electrons. The lowest BCUT2D eigenvalue weighted by Crippen LogP contribution is -2.63. The number of halogens is 1. The summed E-state index contributed by atoms with van der Waals surface area (Å²) in [6, 6.07) is 8.04. The molecule has 2 aromatic rings. The Hall–Kier alpha value is -2.83. The Bertz CT molecular complexity index is 775. The number of hydrogen-bond donors (Lipinski definition) is 0. The summed E-state index contributed by atoms with van der Waals surface area (Å²) in [6.07, 6.45) is 1.75. The fourth-order valence-corrected chi connectivity index (χ4v) is 3.06. The van der Waals surface area contributed by atoms with Crippen LogP contribution < -0.4 is 19.3 Å². The Labute approximate surface area is 138 Å². The zero-order valence-electron chi connectivity index (χ0n) is 13.1. The quantitative estimate of drug-likeness (QED) is 0.860. The fourth-order valence-electron chi connectivity index (χ4n) is 3.06. The van der Waals surface area contributed by atoms with Crippen molar-refractivity contribution in [3.05, 3.63) is 42.3 Å². The van der Waals surface area contributed by atoms with Crippen LogP contribution in [-0.2, 0) is 4.79 Å². The van der Waals surface area contributed by atoms with Crippen LogP contribution in [0.5, 0.6) is 11.6 Å². The molecule has 0 bridgehead atoms. The lowest BCUT2D eigenvalue weighted by Gasteiger charge is -2.47. The molecule has 6 nitrogen and oxygen atoms in total. The Balaban J connectivity index is 1.51. The van der Waals surface area contributed by atoms with Crippen molar-refractivity contribution in [1.82, 2.24) is 4.98 Å². The molecule has 7 heteroatoms. The van der Waals surface area contributed by atoms with Crippen LogP contribution >= 0.6 is 0 Å². The first-order chi connectivity index (χ1) is 11.7. The minimum Gasteiger partial charge on any atom is -0.481 e. The van der Waals surface area contributed by atoms with Crippen molar-refractivity contribution >= 4 is 17.3 Å². The number of aromatic nitrogens is 1. The van der Waals surface area contributed by atoms with Gasteiger partial charge in [-0.2, -0.15) is 0 Å². The minimum atomic E-state index is -0.373. The number of ether oxygens (including phenoxy) is 2. The molecule has 2 aliphatic heterocycles. The number of pyridine rings is 1. The number of carbonyl (C=O) groups excluding carboxylic acids is 1. The number of methoxy groups -OCH3 is 1. The highest BCUT2D eigenvalue weighted by molar-refractivity contribution is 5.98. The molecular formula is C17H16FN3O3. The Morgan fingerprint density at radius 1 is 1.29 bits per heavy atom. The SMILES string of the molecule is COc1ccc(N2CC(N3C(=O)COc4cc(F)ccc43)C2)cn1. The predicted molar refractivity (Wildman–Crippen MR) is 86.2 cm³/mol. The van der Waals surface area contributed by atoms with Crippen molar-refractivity contribution in [3.8, 4) is 11.6 Å². The van der Waals surface area contributed by atoms with Gasteiger partial charge in [0.05, 0.1) is 30.7 Å². The van der Waals surface area contributed by atoms with Gasteiger partial charge in [0.1, 0.15) is 11.6 Å². The van der Waals surface area contributed by atoms with Crippen molar-refractivity contribution in [1.29, 1.82) is 0 Å². The van der Waals surface area contributed by atoms with Gasteiger partial charge in [-0.05, 0) is 18.2 Å². The Morgan fingerprint density at radius 2 is 2.12 bits per heavy atom. The summed E-state index contributed by atoms with van der Waals surface area (Å²) >= 11 is 0. The Morgan fingerprint density at radius 3 is 2.83 bits per heavy atom. The number of nitrogens with zero attached hydrogens (tertiary/aromatic N) is 3. The third-order valence-electron chi connectivity index (χ3n) is 4.32. The van der Waals surface area contributed by atoms with Crippen LogP contribution in [0.25, 0.3) is 0 Å². The molecule has 0 unspecified atom stereocenters. The van der Waals surface area contributed by atoms with Gasteiger partial charge >= 0.3 is 0 Å². The molecule has 4 rings (SSSR count). The van der Waals surface area contributed by atoms with Crippen LogP contribution in [0.15, 0.2) is 36.5 Å². The summed E-state index contributed by atoms with van der Waals surface area (Å²) in [5.74, 6) is 0.503. The maximum absolute atomic E-state index is 13.4. The van der Waals surface area contributed by atoms with E-state index >= 15 is 0 Å². The number of anilines is 2. The molecule has 0 spiro atoms. The lowest BCUT2D eigenvalue weighted by atomic mass is 10.0. The summed E-state index contributed by atoms with van der Waals surface area (Å²) in [7, 11) is 1.58. The van der Waals surface area contributed by atoms with E-state index in [0.717, 1.165) is 5.69 Å². The third-order valence-corrected chi connectivity index (χ3v) is 4.32. The van der Waals surface area contributed by atoms with Crippen molar-refractivity contribution < 1.29 is 18.7 Å². The average molecular weight is 329 g/mol. The molecule has 0 atom stereocenters. The second-order valence-electron chi connectivity index (χ2n) is 5.78. The first kappa shape index (κ1) is 14.7. The third kappa shape index (κ3) is 2.42. The van der Waals surface area contributed by atoms with E-state index in [9.17, 15) is 9.18 Å². The van der Waals surface area contributed by atoms with Gasteiger partial charge in [0.15, 0.2) is 6.61 Å². The summed E-state index contributed by atoms with van der Waals surface area (Å²) in [6.45, 7) is 1.32. The van der Waals surface area contributed by atoms with Crippen LogP contribution in [0.3, 0.4) is 0 Å². The summed E-state index contributed by atoms with van der Waals surface area (Å²) in [4.78, 5) is 20.3. The molecule has 0 aliphatic carbocycles. The lowest BCUT2D eigenvalue weighted by molar-refractivity contribution is -0.121. The van der Waals surface area contributed by atoms with Gasteiger partial charge in [-0.25, -0.2) is 9.37 Å². The maximum atomic E-state index is 13.4. The van der Waals surface area contributed by atoms with Crippen LogP contribution in [0, 0.1) is 5.82 Å². The zero-order chi connectivity index (χ0) is 16.7. The fraction of sp³-hybridized carbons (Fsp3) is 0.294. The highest BCUT2D eigenvalue weighted by atomic mass is 19.1. The van der Waals surface area contributed by atoms with E-state index in [0.29, 0.717) is 30.4 Å². The van der Waals surface area contributed by atoms with E-state index in [2.05, 4.69) is 9.88 Å². The molecule has 2 aliphatic rings. The second-order valence-corrected chi connectivity index (χ2v) is 5.78. The van der Waals surface area contributed by atoms with Gasteiger partial charge in [-0.3, -0.25) is 9.69 Å². The van der Waals surface area contributed by atoms with Crippen molar-refractivity contribution in [2.75, 3.05) is 36.6 Å². The molecule has 24 heavy (non-hydrogen) atoms. The summed E-state index contributed by atoms with van der Waals surface area (Å²) in [5.41, 5.74) is 1.61. The predicted octanol–water partition coefficient (Wildman–Crippen LogP) is 1.84. The van der Waals surface area contributed by atoms with E-state index in [1.165, 1.54) is 12.1 Å². The smallest absolute Gasteiger partial charge is 0.265 e. The molecule has 0 N–H and O–H groups in total. The first-order valence-electron chi connectivity index (χ1n) is 7.65. The molecule has 3 heterocycles. The number of benzene rings is 1. The van der Waals surface area contributed by atoms with Crippen molar-refractivity contribution in [2.45, 2.75) is 6.04 Å².